The molecule has 0 aliphatic carbocycles. The van der Waals surface area contributed by atoms with Crippen molar-refractivity contribution >= 4 is 23.2 Å². The lowest BCUT2D eigenvalue weighted by Crippen LogP contribution is -2.49. The number of anilines is 2. The maximum absolute atomic E-state index is 12.4. The van der Waals surface area contributed by atoms with Gasteiger partial charge in [-0.25, -0.2) is 9.97 Å². The zero-order chi connectivity index (χ0) is 20.9. The Bertz CT molecular complexity index is 1020. The number of nitro groups is 1. The number of piperazine rings is 1. The number of hydrogen-bond acceptors (Lipinski definition) is 9. The smallest absolute Gasteiger partial charge is 0.353 e. The minimum Gasteiger partial charge on any atom is -0.459 e. The molecule has 11 nitrogen and oxygen atoms in total. The number of aromatic nitrogens is 3. The molecular formula is C19H19N7O4. The van der Waals surface area contributed by atoms with Gasteiger partial charge < -0.3 is 19.5 Å². The van der Waals surface area contributed by atoms with Gasteiger partial charge in [-0.05, 0) is 29.8 Å². The Kier molecular flexibility index (Phi) is 5.50. The van der Waals surface area contributed by atoms with Gasteiger partial charge in [0.25, 0.3) is 5.91 Å². The fourth-order valence-corrected chi connectivity index (χ4v) is 3.26. The highest BCUT2D eigenvalue weighted by Crippen LogP contribution is 2.32. The van der Waals surface area contributed by atoms with E-state index in [2.05, 4.69) is 20.3 Å². The summed E-state index contributed by atoms with van der Waals surface area (Å²) < 4.78 is 5.16. The molecule has 11 heteroatoms. The fraction of sp³-hybridized carbons (Fsp3) is 0.263. The summed E-state index contributed by atoms with van der Waals surface area (Å²) in [4.78, 5) is 39.4. The zero-order valence-corrected chi connectivity index (χ0v) is 16.0. The van der Waals surface area contributed by atoms with Crippen LogP contribution in [0.25, 0.3) is 0 Å². The number of hydrogen-bond donors (Lipinski definition) is 1. The zero-order valence-electron chi connectivity index (χ0n) is 16.0. The van der Waals surface area contributed by atoms with E-state index in [0.29, 0.717) is 32.7 Å². The van der Waals surface area contributed by atoms with Crippen LogP contribution in [0.4, 0.5) is 17.3 Å². The van der Waals surface area contributed by atoms with Gasteiger partial charge in [-0.1, -0.05) is 0 Å². The summed E-state index contributed by atoms with van der Waals surface area (Å²) in [6.45, 7) is 1.99. The van der Waals surface area contributed by atoms with Crippen molar-refractivity contribution in [2.75, 3.05) is 36.4 Å². The van der Waals surface area contributed by atoms with Gasteiger partial charge in [0.1, 0.15) is 6.33 Å². The Labute approximate surface area is 171 Å². The second-order valence-electron chi connectivity index (χ2n) is 6.62. The van der Waals surface area contributed by atoms with E-state index in [4.69, 9.17) is 4.42 Å². The second-order valence-corrected chi connectivity index (χ2v) is 6.62. The van der Waals surface area contributed by atoms with Gasteiger partial charge in [0, 0.05) is 45.1 Å². The predicted octanol–water partition coefficient (Wildman–Crippen LogP) is 1.95. The van der Waals surface area contributed by atoms with Crippen LogP contribution in [-0.2, 0) is 6.54 Å². The molecule has 3 aromatic heterocycles. The molecule has 154 valence electrons. The van der Waals surface area contributed by atoms with Crippen LogP contribution < -0.4 is 10.2 Å². The highest BCUT2D eigenvalue weighted by molar-refractivity contribution is 5.91. The van der Waals surface area contributed by atoms with Crippen molar-refractivity contribution in [2.24, 2.45) is 0 Å². The van der Waals surface area contributed by atoms with E-state index >= 15 is 0 Å². The third-order valence-electron chi connectivity index (χ3n) is 4.79. The molecule has 4 rings (SSSR count). The lowest BCUT2D eigenvalue weighted by molar-refractivity contribution is -0.383. The number of amides is 1. The van der Waals surface area contributed by atoms with Crippen LogP contribution in [0.3, 0.4) is 0 Å². The Morgan fingerprint density at radius 3 is 2.60 bits per heavy atom. The highest BCUT2D eigenvalue weighted by atomic mass is 16.6. The van der Waals surface area contributed by atoms with Gasteiger partial charge >= 0.3 is 5.69 Å². The lowest BCUT2D eigenvalue weighted by Gasteiger charge is -2.34. The number of pyridine rings is 1. The van der Waals surface area contributed by atoms with E-state index < -0.39 is 4.92 Å². The average Bonchev–Trinajstić information content (AvgIpc) is 3.32. The molecule has 1 amide bonds. The molecule has 0 radical (unpaired) electrons. The monoisotopic (exact) mass is 409 g/mol. The van der Waals surface area contributed by atoms with Crippen LogP contribution in [0.5, 0.6) is 0 Å². The van der Waals surface area contributed by atoms with Crippen LogP contribution in [-0.4, -0.2) is 56.9 Å². The number of rotatable bonds is 6. The lowest BCUT2D eigenvalue weighted by atomic mass is 10.2. The van der Waals surface area contributed by atoms with E-state index in [1.54, 1.807) is 34.3 Å². The predicted molar refractivity (Wildman–Crippen MR) is 107 cm³/mol. The normalized spacial score (nSPS) is 13.9. The Morgan fingerprint density at radius 1 is 1.17 bits per heavy atom. The van der Waals surface area contributed by atoms with E-state index in [1.807, 2.05) is 12.1 Å². The SMILES string of the molecule is O=C(c1ccco1)N1CCN(c2ncnc(NCc3ccncc3)c2[N+](=O)[O-])CC1. The van der Waals surface area contributed by atoms with Gasteiger partial charge in [-0.15, -0.1) is 0 Å². The first-order chi connectivity index (χ1) is 14.6. The van der Waals surface area contributed by atoms with Gasteiger partial charge in [-0.3, -0.25) is 19.9 Å². The number of carbonyl (C=O) groups excluding carboxylic acids is 1. The Balaban J connectivity index is 1.49. The molecule has 0 spiro atoms. The third-order valence-corrected chi connectivity index (χ3v) is 4.79. The van der Waals surface area contributed by atoms with Gasteiger partial charge in [-0.2, -0.15) is 0 Å². The van der Waals surface area contributed by atoms with Crippen LogP contribution in [0.15, 0.2) is 53.7 Å². The van der Waals surface area contributed by atoms with E-state index in [1.165, 1.54) is 12.6 Å². The quantitative estimate of drug-likeness (QED) is 0.479. The van der Waals surface area contributed by atoms with Crippen LogP contribution in [0.2, 0.25) is 0 Å². The molecular weight excluding hydrogens is 390 g/mol. The van der Waals surface area contributed by atoms with Crippen molar-refractivity contribution in [1.82, 2.24) is 19.9 Å². The molecule has 1 aliphatic heterocycles. The molecule has 3 aromatic rings. The summed E-state index contributed by atoms with van der Waals surface area (Å²) >= 11 is 0. The fourth-order valence-electron chi connectivity index (χ4n) is 3.26. The van der Waals surface area contributed by atoms with E-state index in [0.717, 1.165) is 5.56 Å². The molecule has 4 heterocycles. The minimum atomic E-state index is -0.482. The average molecular weight is 409 g/mol. The third kappa shape index (κ3) is 4.04. The summed E-state index contributed by atoms with van der Waals surface area (Å²) in [7, 11) is 0. The van der Waals surface area contributed by atoms with Crippen molar-refractivity contribution in [3.8, 4) is 0 Å². The largest absolute Gasteiger partial charge is 0.459 e. The van der Waals surface area contributed by atoms with Crippen LogP contribution in [0.1, 0.15) is 16.1 Å². The standard InChI is InChI=1S/C19H19N7O4/c27-19(15-2-1-11-30-15)25-9-7-24(8-10-25)18-16(26(28)29)17(22-13-23-18)21-12-14-3-5-20-6-4-14/h1-6,11,13H,7-10,12H2,(H,21,22,23). The van der Waals surface area contributed by atoms with Crippen molar-refractivity contribution in [2.45, 2.75) is 6.54 Å². The highest BCUT2D eigenvalue weighted by Gasteiger charge is 2.31. The summed E-state index contributed by atoms with van der Waals surface area (Å²) in [6.07, 6.45) is 6.06. The van der Waals surface area contributed by atoms with E-state index in [9.17, 15) is 14.9 Å². The number of nitrogens with one attached hydrogen (secondary N) is 1. The molecule has 0 unspecified atom stereocenters. The first-order valence-electron chi connectivity index (χ1n) is 9.33. The molecule has 30 heavy (non-hydrogen) atoms. The number of furan rings is 1. The van der Waals surface area contributed by atoms with Gasteiger partial charge in [0.2, 0.25) is 11.6 Å². The molecule has 0 bridgehead atoms. The van der Waals surface area contributed by atoms with Crippen LogP contribution in [0, 0.1) is 10.1 Å². The molecule has 1 N–H and O–H groups in total. The van der Waals surface area contributed by atoms with Crippen molar-refractivity contribution < 1.29 is 14.1 Å². The molecule has 0 saturated carbocycles. The molecule has 0 aromatic carbocycles. The molecule has 1 fully saturated rings. The van der Waals surface area contributed by atoms with Crippen molar-refractivity contribution in [3.05, 3.63) is 70.7 Å². The minimum absolute atomic E-state index is 0.149. The van der Waals surface area contributed by atoms with Crippen molar-refractivity contribution in [3.63, 3.8) is 0 Å². The van der Waals surface area contributed by atoms with Gasteiger partial charge in [0.05, 0.1) is 11.2 Å². The van der Waals surface area contributed by atoms with E-state index in [-0.39, 0.29) is 29.0 Å². The topological polar surface area (TPSA) is 131 Å². The first-order valence-corrected chi connectivity index (χ1v) is 9.33. The Hall–Kier alpha value is -4.02. The second kappa shape index (κ2) is 8.55. The van der Waals surface area contributed by atoms with Gasteiger partial charge in [0.15, 0.2) is 5.76 Å². The summed E-state index contributed by atoms with van der Waals surface area (Å²) in [5.41, 5.74) is 0.738. The first kappa shape index (κ1) is 19.3. The molecule has 1 saturated heterocycles. The Morgan fingerprint density at radius 2 is 1.93 bits per heavy atom. The maximum Gasteiger partial charge on any atom is 0.353 e. The maximum atomic E-state index is 12.4. The number of nitrogens with zero attached hydrogens (tertiary/aromatic N) is 6. The molecule has 0 atom stereocenters. The molecule has 1 aliphatic rings. The summed E-state index contributed by atoms with van der Waals surface area (Å²) in [5, 5.41) is 14.8. The van der Waals surface area contributed by atoms with Crippen LogP contribution >= 0.6 is 0 Å². The van der Waals surface area contributed by atoms with Crippen molar-refractivity contribution in [1.29, 1.82) is 0 Å². The summed E-state index contributed by atoms with van der Waals surface area (Å²) in [5.74, 6) is 0.462. The summed E-state index contributed by atoms with van der Waals surface area (Å²) in [6, 6.07) is 6.91. The number of carbonyl (C=O) groups is 1.